The van der Waals surface area contributed by atoms with Gasteiger partial charge in [0.15, 0.2) is 0 Å². The Morgan fingerprint density at radius 2 is 0.966 bits per heavy atom. The zero-order valence-corrected chi connectivity index (χ0v) is 31.6. The van der Waals surface area contributed by atoms with Gasteiger partial charge in [0.2, 0.25) is 0 Å². The minimum absolute atomic E-state index is 1.01. The molecule has 0 unspecified atom stereocenters. The van der Waals surface area contributed by atoms with E-state index in [9.17, 15) is 0 Å². The number of para-hydroxylation sites is 4. The van der Waals surface area contributed by atoms with Gasteiger partial charge >= 0.3 is 0 Å². The van der Waals surface area contributed by atoms with E-state index >= 15 is 0 Å². The van der Waals surface area contributed by atoms with Crippen molar-refractivity contribution in [3.8, 4) is 16.8 Å². The Morgan fingerprint density at radius 3 is 1.80 bits per heavy atom. The first-order valence-electron chi connectivity index (χ1n) is 20.4. The molecule has 0 N–H and O–H groups in total. The molecule has 0 fully saturated rings. The van der Waals surface area contributed by atoms with Crippen LogP contribution in [0.15, 0.2) is 182 Å². The third kappa shape index (κ3) is 3.56. The molecule has 4 nitrogen and oxygen atoms in total. The van der Waals surface area contributed by atoms with Crippen LogP contribution >= 0.6 is 0 Å². The molecule has 0 aliphatic carbocycles. The van der Waals surface area contributed by atoms with Gasteiger partial charge < -0.3 is 8.97 Å². The highest BCUT2D eigenvalue weighted by molar-refractivity contribution is 6.39. The zero-order chi connectivity index (χ0) is 38.1. The van der Waals surface area contributed by atoms with Gasteiger partial charge in [0.25, 0.3) is 0 Å². The normalized spacial score (nSPS) is 12.7. The highest BCUT2D eigenvalue weighted by Crippen LogP contribution is 2.51. The summed E-state index contributed by atoms with van der Waals surface area (Å²) < 4.78 is 7.37. The summed E-state index contributed by atoms with van der Waals surface area (Å²) in [6.45, 7) is 0. The van der Waals surface area contributed by atoms with Crippen LogP contribution in [0.5, 0.6) is 0 Å². The predicted octanol–water partition coefficient (Wildman–Crippen LogP) is 14.5. The van der Waals surface area contributed by atoms with Gasteiger partial charge in [0.1, 0.15) is 5.65 Å². The molecule has 0 radical (unpaired) electrons. The van der Waals surface area contributed by atoms with Crippen LogP contribution in [-0.2, 0) is 0 Å². The molecule has 15 aromatic rings. The molecule has 0 spiro atoms. The topological polar surface area (TPSA) is 26.6 Å². The third-order valence-corrected chi connectivity index (χ3v) is 13.5. The van der Waals surface area contributed by atoms with Crippen molar-refractivity contribution in [2.24, 2.45) is 0 Å². The molecule has 0 saturated heterocycles. The minimum atomic E-state index is 1.01. The molecule has 4 heteroatoms. The van der Waals surface area contributed by atoms with Crippen LogP contribution < -0.4 is 0 Å². The maximum absolute atomic E-state index is 5.43. The SMILES string of the molecule is c1ccc(-n2c3ccccc3c3cc(-c4c5ccccc5cc5c6c7ccccc7cc7c8c9c%10cccc%11c%12ccccc%12n(c9ncc8n(c45)c76)c%11%10)ccc32)cc1. The maximum Gasteiger partial charge on any atom is 0.146 e. The summed E-state index contributed by atoms with van der Waals surface area (Å²) in [4.78, 5) is 5.43. The summed E-state index contributed by atoms with van der Waals surface area (Å²) in [6, 6.07) is 65.0. The molecule has 0 aliphatic rings. The molecule has 0 atom stereocenters. The number of nitrogens with zero attached hydrogens (tertiary/aromatic N) is 4. The molecule has 15 rings (SSSR count). The van der Waals surface area contributed by atoms with E-state index in [1.54, 1.807) is 0 Å². The van der Waals surface area contributed by atoms with E-state index in [0.717, 1.165) is 16.9 Å². The number of hydrogen-bond acceptors (Lipinski definition) is 1. The fourth-order valence-electron chi connectivity index (χ4n) is 11.2. The zero-order valence-electron chi connectivity index (χ0n) is 31.6. The second-order valence-electron chi connectivity index (χ2n) is 16.3. The van der Waals surface area contributed by atoms with Crippen molar-refractivity contribution in [2.75, 3.05) is 0 Å². The maximum atomic E-state index is 5.43. The number of hydrogen-bond donors (Lipinski definition) is 0. The van der Waals surface area contributed by atoms with Crippen LogP contribution in [0, 0.1) is 0 Å². The summed E-state index contributed by atoms with van der Waals surface area (Å²) in [6.07, 6.45) is 2.15. The Bertz CT molecular complexity index is 4300. The summed E-state index contributed by atoms with van der Waals surface area (Å²) in [5.41, 5.74) is 13.1. The average molecular weight is 747 g/mol. The molecule has 9 aromatic carbocycles. The first kappa shape index (κ1) is 30.2. The smallest absolute Gasteiger partial charge is 0.146 e. The van der Waals surface area contributed by atoms with E-state index in [1.165, 1.54) is 120 Å². The van der Waals surface area contributed by atoms with Gasteiger partial charge in [-0.25, -0.2) is 4.98 Å². The summed E-state index contributed by atoms with van der Waals surface area (Å²) in [7, 11) is 0. The van der Waals surface area contributed by atoms with Crippen molar-refractivity contribution in [3.05, 3.63) is 182 Å². The molecule has 6 heterocycles. The van der Waals surface area contributed by atoms with Gasteiger partial charge in [-0.3, -0.25) is 4.40 Å². The van der Waals surface area contributed by atoms with E-state index in [-0.39, 0.29) is 0 Å². The van der Waals surface area contributed by atoms with Crippen LogP contribution in [0.25, 0.3) is 136 Å². The van der Waals surface area contributed by atoms with Crippen LogP contribution in [0.2, 0.25) is 0 Å². The fraction of sp³-hybridized carbons (Fsp3) is 0. The van der Waals surface area contributed by atoms with Crippen LogP contribution in [0.4, 0.5) is 0 Å². The van der Waals surface area contributed by atoms with Crippen LogP contribution in [0.1, 0.15) is 0 Å². The van der Waals surface area contributed by atoms with E-state index < -0.39 is 0 Å². The highest BCUT2D eigenvalue weighted by Gasteiger charge is 2.28. The van der Waals surface area contributed by atoms with Crippen LogP contribution in [-0.4, -0.2) is 18.4 Å². The lowest BCUT2D eigenvalue weighted by molar-refractivity contribution is 1.18. The summed E-state index contributed by atoms with van der Waals surface area (Å²) >= 11 is 0. The quantitative estimate of drug-likeness (QED) is 0.173. The lowest BCUT2D eigenvalue weighted by Crippen LogP contribution is -1.93. The second kappa shape index (κ2) is 10.5. The largest absolute Gasteiger partial charge is 0.309 e. The van der Waals surface area contributed by atoms with Crippen LogP contribution in [0.3, 0.4) is 0 Å². The Hall–Kier alpha value is -7.95. The number of aromatic nitrogens is 4. The first-order valence-corrected chi connectivity index (χ1v) is 20.4. The molecular weight excluding hydrogens is 717 g/mol. The number of benzene rings is 9. The number of fused-ring (bicyclic) bond motifs is 19. The first-order chi connectivity index (χ1) is 29.3. The molecule has 0 saturated carbocycles. The van der Waals surface area contributed by atoms with Gasteiger partial charge in [0.05, 0.1) is 44.8 Å². The highest BCUT2D eigenvalue weighted by atomic mass is 15.0. The van der Waals surface area contributed by atoms with E-state index in [0.29, 0.717) is 0 Å². The predicted molar refractivity (Wildman–Crippen MR) is 248 cm³/mol. The summed E-state index contributed by atoms with van der Waals surface area (Å²) in [5, 5.41) is 17.6. The lowest BCUT2D eigenvalue weighted by Gasteiger charge is -2.13. The van der Waals surface area contributed by atoms with Crippen molar-refractivity contribution < 1.29 is 0 Å². The fourth-order valence-corrected chi connectivity index (χ4v) is 11.2. The molecule has 0 aliphatic heterocycles. The standard InChI is InChI=1S/C55H30N4/c1-2-15-34(16-3-1)57-44-23-10-9-20-38(44)41-29-33(25-26-46(41)57)48-35-17-6-4-13-31(35)27-42-49-36-18-7-5-14-32(36)28-43-50-47(58(53(42)48)54(43)49)30-56-55-51(50)40-22-12-21-39-37-19-8-11-24-45(37)59(55)52(39)40/h1-30H. The van der Waals surface area contributed by atoms with E-state index in [4.69, 9.17) is 4.98 Å². The lowest BCUT2D eigenvalue weighted by atomic mass is 9.92. The minimum Gasteiger partial charge on any atom is -0.309 e. The number of rotatable bonds is 2. The van der Waals surface area contributed by atoms with Crippen molar-refractivity contribution in [1.82, 2.24) is 18.4 Å². The molecule has 6 aromatic heterocycles. The van der Waals surface area contributed by atoms with Crippen molar-refractivity contribution in [1.29, 1.82) is 0 Å². The average Bonchev–Trinajstić information content (AvgIpc) is 4.08. The molecular formula is C55H30N4. The van der Waals surface area contributed by atoms with Gasteiger partial charge in [0, 0.05) is 65.1 Å². The van der Waals surface area contributed by atoms with Gasteiger partial charge in [-0.2, -0.15) is 0 Å². The van der Waals surface area contributed by atoms with Gasteiger partial charge in [-0.15, -0.1) is 0 Å². The Kier molecular flexibility index (Phi) is 5.38. The number of pyridine rings is 1. The second-order valence-corrected chi connectivity index (χ2v) is 16.3. The summed E-state index contributed by atoms with van der Waals surface area (Å²) in [5.74, 6) is 0. The van der Waals surface area contributed by atoms with Gasteiger partial charge in [-0.1, -0.05) is 127 Å². The van der Waals surface area contributed by atoms with Crippen molar-refractivity contribution >= 4 is 120 Å². The Morgan fingerprint density at radius 1 is 0.339 bits per heavy atom. The molecule has 0 amide bonds. The molecule has 0 bridgehead atoms. The van der Waals surface area contributed by atoms with Crippen molar-refractivity contribution in [3.63, 3.8) is 0 Å². The third-order valence-electron chi connectivity index (χ3n) is 13.5. The van der Waals surface area contributed by atoms with Gasteiger partial charge in [-0.05, 0) is 75.6 Å². The molecule has 270 valence electrons. The monoisotopic (exact) mass is 746 g/mol. The van der Waals surface area contributed by atoms with E-state index in [1.807, 2.05) is 0 Å². The van der Waals surface area contributed by atoms with Crippen molar-refractivity contribution in [2.45, 2.75) is 0 Å². The molecule has 59 heavy (non-hydrogen) atoms. The Labute approximate surface area is 335 Å². The Balaban J connectivity index is 1.17. The van der Waals surface area contributed by atoms with E-state index in [2.05, 4.69) is 195 Å².